The molecule has 19 heavy (non-hydrogen) atoms. The average Bonchev–Trinajstić information content (AvgIpc) is 2.32. The number of piperidine rings is 1. The van der Waals surface area contributed by atoms with Crippen molar-refractivity contribution in [3.8, 4) is 0 Å². The standard InChI is InChI=1S/C14H28N2O2S/c1-14(2)8-6-12(7-9-14)16-19(17,18)11-13-5-3-4-10-15-13/h12-13,15-16H,3-11H2,1-2H3. The van der Waals surface area contributed by atoms with Gasteiger partial charge < -0.3 is 5.32 Å². The lowest BCUT2D eigenvalue weighted by molar-refractivity contribution is 0.218. The molecule has 2 aliphatic rings. The molecule has 0 amide bonds. The summed E-state index contributed by atoms with van der Waals surface area (Å²) < 4.78 is 27.3. The first kappa shape index (κ1) is 15.3. The summed E-state index contributed by atoms with van der Waals surface area (Å²) in [6, 6.07) is 0.299. The van der Waals surface area contributed by atoms with Crippen LogP contribution in [0.15, 0.2) is 0 Å². The van der Waals surface area contributed by atoms with Crippen LogP contribution in [0, 0.1) is 5.41 Å². The van der Waals surface area contributed by atoms with Crippen LogP contribution in [-0.2, 0) is 10.0 Å². The predicted octanol–water partition coefficient (Wildman–Crippen LogP) is 2.02. The third kappa shape index (κ3) is 5.04. The molecule has 1 atom stereocenters. The van der Waals surface area contributed by atoms with Gasteiger partial charge in [0.2, 0.25) is 10.0 Å². The molecule has 1 unspecified atom stereocenters. The van der Waals surface area contributed by atoms with Crippen molar-refractivity contribution in [1.29, 1.82) is 0 Å². The Bertz CT molecular complexity index is 376. The topological polar surface area (TPSA) is 58.2 Å². The van der Waals surface area contributed by atoms with E-state index in [4.69, 9.17) is 0 Å². The van der Waals surface area contributed by atoms with Crippen LogP contribution in [0.5, 0.6) is 0 Å². The van der Waals surface area contributed by atoms with E-state index in [9.17, 15) is 8.42 Å². The van der Waals surface area contributed by atoms with E-state index >= 15 is 0 Å². The van der Waals surface area contributed by atoms with Crippen molar-refractivity contribution in [1.82, 2.24) is 10.0 Å². The first-order valence-corrected chi connectivity index (χ1v) is 9.25. The summed E-state index contributed by atoms with van der Waals surface area (Å²) in [5, 5.41) is 3.31. The van der Waals surface area contributed by atoms with Gasteiger partial charge in [0.05, 0.1) is 5.75 Å². The van der Waals surface area contributed by atoms with Gasteiger partial charge in [-0.15, -0.1) is 0 Å². The highest BCUT2D eigenvalue weighted by atomic mass is 32.2. The molecule has 2 rings (SSSR count). The molecule has 1 heterocycles. The Morgan fingerprint density at radius 2 is 1.84 bits per heavy atom. The fourth-order valence-electron chi connectivity index (χ4n) is 3.15. The van der Waals surface area contributed by atoms with E-state index in [0.29, 0.717) is 5.41 Å². The van der Waals surface area contributed by atoms with Gasteiger partial charge in [0.25, 0.3) is 0 Å². The minimum atomic E-state index is -3.13. The summed E-state index contributed by atoms with van der Waals surface area (Å²) in [7, 11) is -3.13. The third-order valence-electron chi connectivity index (χ3n) is 4.52. The molecule has 0 bridgehead atoms. The normalized spacial score (nSPS) is 29.3. The van der Waals surface area contributed by atoms with E-state index < -0.39 is 10.0 Å². The zero-order valence-corrected chi connectivity index (χ0v) is 13.1. The monoisotopic (exact) mass is 288 g/mol. The van der Waals surface area contributed by atoms with Gasteiger partial charge in [-0.3, -0.25) is 0 Å². The van der Waals surface area contributed by atoms with E-state index in [0.717, 1.165) is 45.1 Å². The molecule has 1 saturated carbocycles. The molecule has 0 aromatic rings. The van der Waals surface area contributed by atoms with E-state index in [-0.39, 0.29) is 17.8 Å². The number of rotatable bonds is 4. The van der Waals surface area contributed by atoms with Gasteiger partial charge in [-0.2, -0.15) is 0 Å². The fraction of sp³-hybridized carbons (Fsp3) is 1.00. The van der Waals surface area contributed by atoms with Crippen molar-refractivity contribution in [2.75, 3.05) is 12.3 Å². The maximum absolute atomic E-state index is 12.2. The van der Waals surface area contributed by atoms with Gasteiger partial charge in [0.15, 0.2) is 0 Å². The predicted molar refractivity (Wildman–Crippen MR) is 78.6 cm³/mol. The summed E-state index contributed by atoms with van der Waals surface area (Å²) in [4.78, 5) is 0. The van der Waals surface area contributed by atoms with E-state index in [2.05, 4.69) is 23.9 Å². The molecule has 2 N–H and O–H groups in total. The third-order valence-corrected chi connectivity index (χ3v) is 6.05. The molecule has 1 aliphatic carbocycles. The van der Waals surface area contributed by atoms with Crippen LogP contribution in [0.4, 0.5) is 0 Å². The van der Waals surface area contributed by atoms with E-state index in [1.165, 1.54) is 6.42 Å². The minimum Gasteiger partial charge on any atom is -0.313 e. The first-order chi connectivity index (χ1) is 8.86. The number of sulfonamides is 1. The molecule has 0 spiro atoms. The summed E-state index contributed by atoms with van der Waals surface area (Å²) in [6.07, 6.45) is 7.48. The maximum Gasteiger partial charge on any atom is 0.213 e. The highest BCUT2D eigenvalue weighted by Crippen LogP contribution is 2.35. The lowest BCUT2D eigenvalue weighted by atomic mass is 9.76. The Kier molecular flexibility index (Phi) is 4.90. The largest absolute Gasteiger partial charge is 0.313 e. The van der Waals surface area contributed by atoms with Crippen LogP contribution < -0.4 is 10.0 Å². The second-order valence-corrected chi connectivity index (χ2v) is 8.78. The molecule has 1 saturated heterocycles. The minimum absolute atomic E-state index is 0.145. The van der Waals surface area contributed by atoms with Gasteiger partial charge in [0, 0.05) is 12.1 Å². The Balaban J connectivity index is 1.80. The van der Waals surface area contributed by atoms with Crippen molar-refractivity contribution >= 4 is 10.0 Å². The molecule has 0 aromatic heterocycles. The quantitative estimate of drug-likeness (QED) is 0.832. The zero-order valence-electron chi connectivity index (χ0n) is 12.2. The second-order valence-electron chi connectivity index (χ2n) is 6.98. The molecule has 1 aliphatic heterocycles. The van der Waals surface area contributed by atoms with Crippen LogP contribution in [0.3, 0.4) is 0 Å². The zero-order chi connectivity index (χ0) is 13.9. The molecule has 5 heteroatoms. The van der Waals surface area contributed by atoms with Gasteiger partial charge in [0.1, 0.15) is 0 Å². The van der Waals surface area contributed by atoms with Crippen LogP contribution in [0.2, 0.25) is 0 Å². The van der Waals surface area contributed by atoms with Crippen molar-refractivity contribution in [2.24, 2.45) is 5.41 Å². The summed E-state index contributed by atoms with van der Waals surface area (Å²) in [5.74, 6) is 0.243. The first-order valence-electron chi connectivity index (χ1n) is 7.60. The van der Waals surface area contributed by atoms with E-state index in [1.54, 1.807) is 0 Å². The van der Waals surface area contributed by atoms with Crippen LogP contribution in [0.25, 0.3) is 0 Å². The smallest absolute Gasteiger partial charge is 0.213 e. The van der Waals surface area contributed by atoms with Gasteiger partial charge >= 0.3 is 0 Å². The SMILES string of the molecule is CC1(C)CCC(NS(=O)(=O)CC2CCCCN2)CC1. The van der Waals surface area contributed by atoms with Crippen molar-refractivity contribution in [2.45, 2.75) is 70.9 Å². The van der Waals surface area contributed by atoms with Crippen molar-refractivity contribution in [3.63, 3.8) is 0 Å². The van der Waals surface area contributed by atoms with Gasteiger partial charge in [-0.05, 0) is 50.5 Å². The van der Waals surface area contributed by atoms with Crippen LogP contribution in [0.1, 0.15) is 58.8 Å². The Morgan fingerprint density at radius 1 is 1.16 bits per heavy atom. The molecule has 4 nitrogen and oxygen atoms in total. The average molecular weight is 288 g/mol. The van der Waals surface area contributed by atoms with Crippen LogP contribution in [-0.4, -0.2) is 32.8 Å². The van der Waals surface area contributed by atoms with E-state index in [1.807, 2.05) is 0 Å². The number of hydrogen-bond donors (Lipinski definition) is 2. The highest BCUT2D eigenvalue weighted by molar-refractivity contribution is 7.89. The molecule has 0 radical (unpaired) electrons. The molecular formula is C14H28N2O2S. The number of nitrogens with one attached hydrogen (secondary N) is 2. The summed E-state index contributed by atoms with van der Waals surface area (Å²) in [5.41, 5.74) is 0.382. The molecule has 2 fully saturated rings. The lowest BCUT2D eigenvalue weighted by Gasteiger charge is -2.34. The highest BCUT2D eigenvalue weighted by Gasteiger charge is 2.30. The maximum atomic E-state index is 12.2. The second kappa shape index (κ2) is 6.10. The Morgan fingerprint density at radius 3 is 2.42 bits per heavy atom. The molecule has 0 aromatic carbocycles. The van der Waals surface area contributed by atoms with Gasteiger partial charge in [-0.25, -0.2) is 13.1 Å². The fourth-order valence-corrected chi connectivity index (χ4v) is 4.80. The lowest BCUT2D eigenvalue weighted by Crippen LogP contribution is -2.46. The summed E-state index contributed by atoms with van der Waals surface area (Å²) in [6.45, 7) is 5.49. The number of hydrogen-bond acceptors (Lipinski definition) is 3. The van der Waals surface area contributed by atoms with Crippen molar-refractivity contribution < 1.29 is 8.42 Å². The van der Waals surface area contributed by atoms with Gasteiger partial charge in [-0.1, -0.05) is 20.3 Å². The van der Waals surface area contributed by atoms with Crippen LogP contribution >= 0.6 is 0 Å². The molecular weight excluding hydrogens is 260 g/mol. The Labute approximate surface area is 117 Å². The van der Waals surface area contributed by atoms with Crippen molar-refractivity contribution in [3.05, 3.63) is 0 Å². The Hall–Kier alpha value is -0.130. The molecule has 112 valence electrons. The summed E-state index contributed by atoms with van der Waals surface area (Å²) >= 11 is 0.